The Morgan fingerprint density at radius 2 is 2.18 bits per heavy atom. The molecule has 2 N–H and O–H groups in total. The van der Waals surface area contributed by atoms with Gasteiger partial charge in [0.1, 0.15) is 6.10 Å². The fourth-order valence-corrected chi connectivity index (χ4v) is 1.56. The Hall–Kier alpha value is -1.24. The standard InChI is InChI=1S/C10H15F3N2O2/c1-6(10(11,12)13)3-4-8-7(2)15(5-14)9(16)17-8/h3,7-8H,4-5,14H2,1-2H3/b6-3+/t7?,8-/m1/s1. The number of carbonyl (C=O) groups excluding carboxylic acids is 1. The lowest BCUT2D eigenvalue weighted by atomic mass is 10.1. The van der Waals surface area contributed by atoms with Gasteiger partial charge in [0, 0.05) is 12.0 Å². The number of hydrogen-bond donors (Lipinski definition) is 1. The average molecular weight is 252 g/mol. The van der Waals surface area contributed by atoms with Crippen LogP contribution in [0.2, 0.25) is 0 Å². The second-order valence-corrected chi connectivity index (χ2v) is 3.94. The summed E-state index contributed by atoms with van der Waals surface area (Å²) in [6.07, 6.45) is -4.42. The Labute approximate surface area is 97.2 Å². The SMILES string of the molecule is C/C(=C\C[C@H]1OC(=O)N(CN)C1C)C(F)(F)F. The number of rotatable bonds is 3. The van der Waals surface area contributed by atoms with Crippen molar-refractivity contribution in [3.8, 4) is 0 Å². The zero-order chi connectivity index (χ0) is 13.2. The van der Waals surface area contributed by atoms with Crippen LogP contribution in [0.15, 0.2) is 11.6 Å². The van der Waals surface area contributed by atoms with Crippen molar-refractivity contribution in [1.29, 1.82) is 0 Å². The monoisotopic (exact) mass is 252 g/mol. The fraction of sp³-hybridized carbons (Fsp3) is 0.700. The maximum absolute atomic E-state index is 12.2. The lowest BCUT2D eigenvalue weighted by Gasteiger charge is -2.18. The third-order valence-corrected chi connectivity index (χ3v) is 2.82. The Balaban J connectivity index is 2.63. The van der Waals surface area contributed by atoms with E-state index in [-0.39, 0.29) is 19.1 Å². The number of halogens is 3. The summed E-state index contributed by atoms with van der Waals surface area (Å²) in [5, 5.41) is 0. The highest BCUT2D eigenvalue weighted by Gasteiger charge is 2.38. The fourth-order valence-electron chi connectivity index (χ4n) is 1.56. The van der Waals surface area contributed by atoms with Crippen molar-refractivity contribution in [1.82, 2.24) is 4.90 Å². The lowest BCUT2D eigenvalue weighted by Crippen LogP contribution is -2.38. The molecule has 1 heterocycles. The minimum atomic E-state index is -4.33. The molecule has 7 heteroatoms. The predicted molar refractivity (Wildman–Crippen MR) is 55.1 cm³/mol. The van der Waals surface area contributed by atoms with E-state index >= 15 is 0 Å². The number of hydrogen-bond acceptors (Lipinski definition) is 3. The summed E-state index contributed by atoms with van der Waals surface area (Å²) in [5.74, 6) is 0. The van der Waals surface area contributed by atoms with E-state index in [0.29, 0.717) is 0 Å². The first-order chi connectivity index (χ1) is 7.77. The summed E-state index contributed by atoms with van der Waals surface area (Å²) in [6.45, 7) is 2.68. The first-order valence-electron chi connectivity index (χ1n) is 5.18. The molecule has 98 valence electrons. The molecule has 1 amide bonds. The molecule has 0 aromatic rings. The van der Waals surface area contributed by atoms with E-state index in [0.717, 1.165) is 13.0 Å². The molecule has 0 aromatic carbocycles. The maximum Gasteiger partial charge on any atom is 0.412 e. The van der Waals surface area contributed by atoms with Crippen LogP contribution in [0.3, 0.4) is 0 Å². The molecular weight excluding hydrogens is 237 g/mol. The molecule has 1 rings (SSSR count). The van der Waals surface area contributed by atoms with Crippen LogP contribution in [0.25, 0.3) is 0 Å². The number of carbonyl (C=O) groups is 1. The van der Waals surface area contributed by atoms with Crippen molar-refractivity contribution in [3.63, 3.8) is 0 Å². The number of alkyl halides is 3. The Kier molecular flexibility index (Phi) is 4.03. The van der Waals surface area contributed by atoms with Crippen LogP contribution in [-0.2, 0) is 4.74 Å². The topological polar surface area (TPSA) is 55.6 Å². The van der Waals surface area contributed by atoms with E-state index < -0.39 is 23.9 Å². The molecule has 1 unspecified atom stereocenters. The molecule has 4 nitrogen and oxygen atoms in total. The van der Waals surface area contributed by atoms with Crippen molar-refractivity contribution < 1.29 is 22.7 Å². The van der Waals surface area contributed by atoms with E-state index in [9.17, 15) is 18.0 Å². The Morgan fingerprint density at radius 3 is 2.59 bits per heavy atom. The summed E-state index contributed by atoms with van der Waals surface area (Å²) < 4.78 is 41.6. The second kappa shape index (κ2) is 4.95. The smallest absolute Gasteiger partial charge is 0.412 e. The number of allylic oxidation sites excluding steroid dienone is 1. The van der Waals surface area contributed by atoms with Crippen LogP contribution in [0.4, 0.5) is 18.0 Å². The van der Waals surface area contributed by atoms with Gasteiger partial charge in [-0.1, -0.05) is 6.08 Å². The van der Waals surface area contributed by atoms with Crippen LogP contribution in [0.1, 0.15) is 20.3 Å². The van der Waals surface area contributed by atoms with Crippen molar-refractivity contribution in [2.45, 2.75) is 38.6 Å². The number of nitrogens with zero attached hydrogens (tertiary/aromatic N) is 1. The first-order valence-corrected chi connectivity index (χ1v) is 5.18. The van der Waals surface area contributed by atoms with Crippen LogP contribution >= 0.6 is 0 Å². The second-order valence-electron chi connectivity index (χ2n) is 3.94. The molecule has 17 heavy (non-hydrogen) atoms. The van der Waals surface area contributed by atoms with E-state index in [2.05, 4.69) is 0 Å². The quantitative estimate of drug-likeness (QED) is 0.782. The number of ether oxygens (including phenoxy) is 1. The van der Waals surface area contributed by atoms with Crippen LogP contribution < -0.4 is 5.73 Å². The number of nitrogens with two attached hydrogens (primary N) is 1. The minimum Gasteiger partial charge on any atom is -0.444 e. The highest BCUT2D eigenvalue weighted by molar-refractivity contribution is 5.70. The molecule has 0 aliphatic carbocycles. The zero-order valence-corrected chi connectivity index (χ0v) is 9.62. The first kappa shape index (κ1) is 13.8. The summed E-state index contributed by atoms with van der Waals surface area (Å²) in [6, 6.07) is -0.315. The maximum atomic E-state index is 12.2. The summed E-state index contributed by atoms with van der Waals surface area (Å²) in [5.41, 5.74) is 4.64. The number of amides is 1. The molecule has 2 atom stereocenters. The van der Waals surface area contributed by atoms with E-state index in [1.165, 1.54) is 4.90 Å². The van der Waals surface area contributed by atoms with Gasteiger partial charge >= 0.3 is 12.3 Å². The third-order valence-electron chi connectivity index (χ3n) is 2.82. The summed E-state index contributed by atoms with van der Waals surface area (Å²) in [7, 11) is 0. The summed E-state index contributed by atoms with van der Waals surface area (Å²) in [4.78, 5) is 12.5. The van der Waals surface area contributed by atoms with Crippen molar-refractivity contribution >= 4 is 6.09 Å². The van der Waals surface area contributed by atoms with Crippen molar-refractivity contribution in [3.05, 3.63) is 11.6 Å². The van der Waals surface area contributed by atoms with Gasteiger partial charge in [-0.15, -0.1) is 0 Å². The predicted octanol–water partition coefficient (Wildman–Crippen LogP) is 2.01. The highest BCUT2D eigenvalue weighted by atomic mass is 19.4. The molecule has 0 aromatic heterocycles. The van der Waals surface area contributed by atoms with Gasteiger partial charge in [-0.05, 0) is 13.8 Å². The Morgan fingerprint density at radius 1 is 1.59 bits per heavy atom. The normalized spacial score (nSPS) is 26.4. The van der Waals surface area contributed by atoms with Crippen LogP contribution in [-0.4, -0.2) is 36.0 Å². The van der Waals surface area contributed by atoms with Gasteiger partial charge in [-0.25, -0.2) is 4.79 Å². The largest absolute Gasteiger partial charge is 0.444 e. The van der Waals surface area contributed by atoms with Gasteiger partial charge in [-0.3, -0.25) is 4.90 Å². The minimum absolute atomic E-state index is 0.00152. The lowest BCUT2D eigenvalue weighted by molar-refractivity contribution is -0.0916. The molecule has 1 aliphatic rings. The van der Waals surface area contributed by atoms with E-state index in [1.54, 1.807) is 6.92 Å². The third kappa shape index (κ3) is 3.12. The van der Waals surface area contributed by atoms with Crippen molar-refractivity contribution in [2.75, 3.05) is 6.67 Å². The molecule has 1 saturated heterocycles. The van der Waals surface area contributed by atoms with E-state index in [1.807, 2.05) is 0 Å². The Bertz CT molecular complexity index is 328. The molecule has 0 bridgehead atoms. The molecule has 0 spiro atoms. The summed E-state index contributed by atoms with van der Waals surface area (Å²) >= 11 is 0. The number of cyclic esters (lactones) is 1. The van der Waals surface area contributed by atoms with Crippen LogP contribution in [0, 0.1) is 0 Å². The van der Waals surface area contributed by atoms with Gasteiger partial charge in [0.25, 0.3) is 0 Å². The molecular formula is C10H15F3N2O2. The van der Waals surface area contributed by atoms with Crippen LogP contribution in [0.5, 0.6) is 0 Å². The molecule has 0 radical (unpaired) electrons. The highest BCUT2D eigenvalue weighted by Crippen LogP contribution is 2.27. The van der Waals surface area contributed by atoms with Gasteiger partial charge < -0.3 is 10.5 Å². The zero-order valence-electron chi connectivity index (χ0n) is 9.62. The van der Waals surface area contributed by atoms with Gasteiger partial charge in [0.2, 0.25) is 0 Å². The molecule has 1 aliphatic heterocycles. The average Bonchev–Trinajstić information content (AvgIpc) is 2.48. The van der Waals surface area contributed by atoms with Crippen molar-refractivity contribution in [2.24, 2.45) is 5.73 Å². The van der Waals surface area contributed by atoms with Gasteiger partial charge in [0.05, 0.1) is 12.7 Å². The van der Waals surface area contributed by atoms with Gasteiger partial charge in [-0.2, -0.15) is 13.2 Å². The van der Waals surface area contributed by atoms with Gasteiger partial charge in [0.15, 0.2) is 0 Å². The molecule has 0 saturated carbocycles. The van der Waals surface area contributed by atoms with E-state index in [4.69, 9.17) is 10.5 Å². The molecule has 1 fully saturated rings.